The van der Waals surface area contributed by atoms with Crippen molar-refractivity contribution in [3.63, 3.8) is 0 Å². The zero-order valence-corrected chi connectivity index (χ0v) is 26.0. The molecule has 2 aromatic heterocycles. The molecular weight excluding hydrogens is 589 g/mol. The van der Waals surface area contributed by atoms with Gasteiger partial charge in [0.1, 0.15) is 23.2 Å². The Bertz CT molecular complexity index is 2580. The maximum Gasteiger partial charge on any atom is 0.135 e. The Balaban J connectivity index is 1.16. The topological polar surface area (TPSA) is 53.7 Å². The zero-order chi connectivity index (χ0) is 31.6. The molecule has 0 amide bonds. The van der Waals surface area contributed by atoms with Gasteiger partial charge in [0.05, 0.1) is 11.4 Å². The number of benzene rings is 5. The number of pyridine rings is 1. The van der Waals surface area contributed by atoms with Crippen molar-refractivity contribution in [1.82, 2.24) is 10.3 Å². The Kier molecular flexibility index (Phi) is 6.00. The van der Waals surface area contributed by atoms with E-state index in [9.17, 15) is 0 Å². The fourth-order valence-electron chi connectivity index (χ4n) is 7.63. The van der Waals surface area contributed by atoms with Crippen LogP contribution in [-0.2, 0) is 0 Å². The van der Waals surface area contributed by atoms with Gasteiger partial charge in [-0.3, -0.25) is 4.98 Å². The molecule has 0 bridgehead atoms. The number of nitrogens with zero attached hydrogens (tertiary/aromatic N) is 3. The molecule has 5 heterocycles. The Hall–Kier alpha value is -6.20. The van der Waals surface area contributed by atoms with Crippen LogP contribution in [-0.4, -0.2) is 17.0 Å². The molecule has 0 saturated carbocycles. The second-order valence-corrected chi connectivity index (χ2v) is 12.7. The van der Waals surface area contributed by atoms with Gasteiger partial charge in [-0.1, -0.05) is 97.1 Å². The molecule has 5 heteroatoms. The summed E-state index contributed by atoms with van der Waals surface area (Å²) in [5.41, 5.74) is 11.1. The predicted octanol–water partition coefficient (Wildman–Crippen LogP) is 7.96. The van der Waals surface area contributed by atoms with E-state index in [1.54, 1.807) is 0 Å². The van der Waals surface area contributed by atoms with E-state index < -0.39 is 0 Å². The summed E-state index contributed by atoms with van der Waals surface area (Å²) in [4.78, 5) is 12.4. The van der Waals surface area contributed by atoms with Crippen molar-refractivity contribution < 1.29 is 4.42 Å². The number of rotatable bonds is 3. The van der Waals surface area contributed by atoms with Crippen LogP contribution in [0.15, 0.2) is 155 Å². The van der Waals surface area contributed by atoms with E-state index in [0.717, 1.165) is 72.7 Å². The summed E-state index contributed by atoms with van der Waals surface area (Å²) in [6, 6.07) is 45.0. The SMILES string of the molecule is C1=C(c2ccccc2)N=C(N2c3ccc(-c4ccc5oc6ccccc6c5c4)cc3C3=c4cnccc4=CNC32)CC1c1ccccc1. The maximum absolute atomic E-state index is 6.14. The quantitative estimate of drug-likeness (QED) is 0.218. The van der Waals surface area contributed by atoms with E-state index in [4.69, 9.17) is 9.41 Å². The number of hydrogen-bond donors (Lipinski definition) is 1. The van der Waals surface area contributed by atoms with Crippen molar-refractivity contribution in [1.29, 1.82) is 0 Å². The maximum atomic E-state index is 6.14. The molecule has 2 atom stereocenters. The number of anilines is 1. The van der Waals surface area contributed by atoms with E-state index >= 15 is 0 Å². The van der Waals surface area contributed by atoms with E-state index in [2.05, 4.69) is 143 Å². The number of hydrogen-bond acceptors (Lipinski definition) is 5. The molecule has 3 aliphatic rings. The molecule has 0 spiro atoms. The Morgan fingerprint density at radius 3 is 2.38 bits per heavy atom. The van der Waals surface area contributed by atoms with Crippen LogP contribution in [0.4, 0.5) is 5.69 Å². The smallest absolute Gasteiger partial charge is 0.135 e. The van der Waals surface area contributed by atoms with Gasteiger partial charge in [0, 0.05) is 63.3 Å². The zero-order valence-electron chi connectivity index (χ0n) is 26.0. The van der Waals surface area contributed by atoms with Crippen molar-refractivity contribution in [2.45, 2.75) is 18.5 Å². The summed E-state index contributed by atoms with van der Waals surface area (Å²) in [6.07, 6.45) is 8.99. The lowest BCUT2D eigenvalue weighted by Gasteiger charge is -2.34. The molecule has 10 rings (SSSR count). The number of nitrogens with one attached hydrogen (secondary N) is 1. The molecule has 0 radical (unpaired) electrons. The van der Waals surface area contributed by atoms with Crippen LogP contribution in [0.3, 0.4) is 0 Å². The van der Waals surface area contributed by atoms with Crippen molar-refractivity contribution >= 4 is 50.9 Å². The lowest BCUT2D eigenvalue weighted by atomic mass is 9.90. The molecular formula is C43H30N4O. The number of fused-ring (bicyclic) bond motifs is 7. The van der Waals surface area contributed by atoms with Crippen LogP contribution < -0.4 is 20.7 Å². The van der Waals surface area contributed by atoms with Gasteiger partial charge in [-0.2, -0.15) is 0 Å². The molecule has 3 aliphatic heterocycles. The molecule has 2 unspecified atom stereocenters. The molecule has 5 nitrogen and oxygen atoms in total. The summed E-state index contributed by atoms with van der Waals surface area (Å²) >= 11 is 0. The normalized spacial score (nSPS) is 18.0. The van der Waals surface area contributed by atoms with Gasteiger partial charge in [-0.15, -0.1) is 0 Å². The first-order chi connectivity index (χ1) is 23.8. The van der Waals surface area contributed by atoms with Gasteiger partial charge in [0.2, 0.25) is 0 Å². The van der Waals surface area contributed by atoms with Crippen LogP contribution in [0.1, 0.15) is 29.0 Å². The highest BCUT2D eigenvalue weighted by Gasteiger charge is 2.39. The van der Waals surface area contributed by atoms with Gasteiger partial charge < -0.3 is 14.6 Å². The first-order valence-electron chi connectivity index (χ1n) is 16.4. The summed E-state index contributed by atoms with van der Waals surface area (Å²) in [5.74, 6) is 1.23. The summed E-state index contributed by atoms with van der Waals surface area (Å²) in [6.45, 7) is 0. The predicted molar refractivity (Wildman–Crippen MR) is 195 cm³/mol. The standard InChI is InChI=1S/C43H30N4O/c1-3-9-27(10-4-1)32-23-37(28-11-5-2-6-12-28)46-41(24-32)47-38-17-15-29(22-35(38)42-36-26-44-20-19-31(36)25-45-43(42)47)30-16-18-40-34(21-30)33-13-7-8-14-39(33)48-40/h1-23,25-26,32,43,45H,24H2. The van der Waals surface area contributed by atoms with E-state index in [-0.39, 0.29) is 12.1 Å². The number of allylic oxidation sites excluding steroid dienone is 1. The minimum Gasteiger partial charge on any atom is -0.456 e. The fraction of sp³-hybridized carbons (Fsp3) is 0.0698. The molecule has 228 valence electrons. The number of para-hydroxylation sites is 1. The minimum absolute atomic E-state index is 0.113. The second kappa shape index (κ2) is 10.7. The first kappa shape index (κ1) is 27.0. The Morgan fingerprint density at radius 1 is 0.708 bits per heavy atom. The monoisotopic (exact) mass is 618 g/mol. The summed E-state index contributed by atoms with van der Waals surface area (Å²) in [5, 5.41) is 8.31. The van der Waals surface area contributed by atoms with Crippen LogP contribution in [0.2, 0.25) is 0 Å². The number of aliphatic imine (C=N–C) groups is 1. The van der Waals surface area contributed by atoms with E-state index in [1.165, 1.54) is 16.7 Å². The van der Waals surface area contributed by atoms with Crippen molar-refractivity contribution in [3.05, 3.63) is 173 Å². The average Bonchev–Trinajstić information content (AvgIpc) is 3.70. The lowest BCUT2D eigenvalue weighted by Crippen LogP contribution is -2.51. The van der Waals surface area contributed by atoms with Crippen molar-refractivity contribution in [2.75, 3.05) is 4.90 Å². The minimum atomic E-state index is -0.113. The number of amidine groups is 1. The van der Waals surface area contributed by atoms with Crippen molar-refractivity contribution in [3.8, 4) is 11.1 Å². The third kappa shape index (κ3) is 4.25. The van der Waals surface area contributed by atoms with Gasteiger partial charge >= 0.3 is 0 Å². The molecule has 1 N–H and O–H groups in total. The fourth-order valence-corrected chi connectivity index (χ4v) is 7.63. The Morgan fingerprint density at radius 2 is 1.48 bits per heavy atom. The van der Waals surface area contributed by atoms with Crippen LogP contribution in [0, 0.1) is 0 Å². The van der Waals surface area contributed by atoms with Crippen LogP contribution in [0.25, 0.3) is 50.5 Å². The summed E-state index contributed by atoms with van der Waals surface area (Å²) < 4.78 is 6.14. The molecule has 0 aliphatic carbocycles. The third-order valence-corrected chi connectivity index (χ3v) is 9.92. The molecule has 0 saturated heterocycles. The first-order valence-corrected chi connectivity index (χ1v) is 16.4. The largest absolute Gasteiger partial charge is 0.456 e. The third-order valence-electron chi connectivity index (χ3n) is 9.92. The highest BCUT2D eigenvalue weighted by molar-refractivity contribution is 6.11. The number of furan rings is 1. The Labute approximate surface area is 277 Å². The van der Waals surface area contributed by atoms with Gasteiger partial charge in [0.25, 0.3) is 0 Å². The number of aromatic nitrogens is 1. The molecule has 7 aromatic rings. The highest BCUT2D eigenvalue weighted by atomic mass is 16.3. The second-order valence-electron chi connectivity index (χ2n) is 12.7. The van der Waals surface area contributed by atoms with E-state index in [0.29, 0.717) is 0 Å². The average molecular weight is 619 g/mol. The highest BCUT2D eigenvalue weighted by Crippen LogP contribution is 2.44. The summed E-state index contributed by atoms with van der Waals surface area (Å²) in [7, 11) is 0. The van der Waals surface area contributed by atoms with Crippen LogP contribution in [0.5, 0.6) is 0 Å². The van der Waals surface area contributed by atoms with Crippen molar-refractivity contribution in [2.24, 2.45) is 4.99 Å². The lowest BCUT2D eigenvalue weighted by molar-refractivity contribution is 0.669. The van der Waals surface area contributed by atoms with E-state index in [1.807, 2.05) is 24.5 Å². The molecule has 5 aromatic carbocycles. The molecule has 48 heavy (non-hydrogen) atoms. The van der Waals surface area contributed by atoms with Gasteiger partial charge in [0.15, 0.2) is 0 Å². The van der Waals surface area contributed by atoms with Gasteiger partial charge in [-0.25, -0.2) is 4.99 Å². The van der Waals surface area contributed by atoms with Gasteiger partial charge in [-0.05, 0) is 58.7 Å². The van der Waals surface area contributed by atoms with Crippen LogP contribution >= 0.6 is 0 Å². The molecule has 0 fully saturated rings.